The van der Waals surface area contributed by atoms with Crippen molar-refractivity contribution in [1.82, 2.24) is 9.88 Å². The predicted octanol–water partition coefficient (Wildman–Crippen LogP) is 2.37. The minimum atomic E-state index is -0.298. The first-order valence-electron chi connectivity index (χ1n) is 7.74. The van der Waals surface area contributed by atoms with Crippen LogP contribution in [0.4, 0.5) is 11.5 Å². The number of nitrogen functional groups attached to an aromatic ring is 1. The summed E-state index contributed by atoms with van der Waals surface area (Å²) < 4.78 is 5.83. The Morgan fingerprint density at radius 1 is 1.29 bits per heavy atom. The van der Waals surface area contributed by atoms with Crippen LogP contribution < -0.4 is 15.4 Å². The number of pyridine rings is 1. The molecule has 21 heavy (non-hydrogen) atoms. The van der Waals surface area contributed by atoms with Crippen molar-refractivity contribution in [2.75, 3.05) is 43.9 Å². The van der Waals surface area contributed by atoms with Crippen LogP contribution in [0.3, 0.4) is 0 Å². The maximum absolute atomic E-state index is 5.96. The van der Waals surface area contributed by atoms with Gasteiger partial charge in [0.1, 0.15) is 11.4 Å². The van der Waals surface area contributed by atoms with Crippen LogP contribution in [0, 0.1) is 0 Å². The average molecular weight is 292 g/mol. The molecule has 0 unspecified atom stereocenters. The largest absolute Gasteiger partial charge is 0.470 e. The van der Waals surface area contributed by atoms with Crippen molar-refractivity contribution in [2.24, 2.45) is 0 Å². The van der Waals surface area contributed by atoms with Crippen LogP contribution in [-0.2, 0) is 0 Å². The van der Waals surface area contributed by atoms with E-state index >= 15 is 0 Å². The molecule has 0 spiro atoms. The van der Waals surface area contributed by atoms with Gasteiger partial charge in [0.05, 0.1) is 5.69 Å². The molecule has 0 aromatic carbocycles. The Morgan fingerprint density at radius 2 is 1.95 bits per heavy atom. The van der Waals surface area contributed by atoms with Gasteiger partial charge in [0.15, 0.2) is 0 Å². The second-order valence-corrected chi connectivity index (χ2v) is 6.75. The molecule has 1 aliphatic rings. The number of likely N-dealkylation sites (N-methyl/N-ethyl adjacent to an activating group) is 1. The molecule has 0 aliphatic carbocycles. The minimum Gasteiger partial charge on any atom is -0.470 e. The molecule has 2 rings (SSSR count). The summed E-state index contributed by atoms with van der Waals surface area (Å²) in [7, 11) is 2.06. The van der Waals surface area contributed by atoms with Crippen LogP contribution in [0.15, 0.2) is 12.1 Å². The Labute approximate surface area is 128 Å². The van der Waals surface area contributed by atoms with Gasteiger partial charge >= 0.3 is 0 Å². The number of nitrogens with two attached hydrogens (primary N) is 1. The van der Waals surface area contributed by atoms with Crippen molar-refractivity contribution < 1.29 is 4.74 Å². The van der Waals surface area contributed by atoms with Gasteiger partial charge in [-0.25, -0.2) is 0 Å². The van der Waals surface area contributed by atoms with Gasteiger partial charge in [0, 0.05) is 20.1 Å². The van der Waals surface area contributed by atoms with E-state index in [2.05, 4.69) is 21.8 Å². The van der Waals surface area contributed by atoms with Gasteiger partial charge in [-0.1, -0.05) is 0 Å². The van der Waals surface area contributed by atoms with Crippen molar-refractivity contribution >= 4 is 11.5 Å². The van der Waals surface area contributed by atoms with Crippen molar-refractivity contribution in [1.29, 1.82) is 0 Å². The minimum absolute atomic E-state index is 0.298. The monoisotopic (exact) mass is 292 g/mol. The lowest BCUT2D eigenvalue weighted by Crippen LogP contribution is -2.32. The molecule has 2 heterocycles. The van der Waals surface area contributed by atoms with Crippen LogP contribution in [0.25, 0.3) is 0 Å². The first-order chi connectivity index (χ1) is 9.85. The van der Waals surface area contributed by atoms with E-state index in [1.165, 1.54) is 25.9 Å². The zero-order chi connectivity index (χ0) is 15.5. The number of anilines is 2. The molecule has 1 saturated heterocycles. The van der Waals surface area contributed by atoms with Crippen LogP contribution >= 0.6 is 0 Å². The summed E-state index contributed by atoms with van der Waals surface area (Å²) in [5.41, 5.74) is 6.24. The molecule has 0 saturated carbocycles. The van der Waals surface area contributed by atoms with Gasteiger partial charge < -0.3 is 20.3 Å². The van der Waals surface area contributed by atoms with Crippen molar-refractivity contribution in [3.8, 4) is 5.88 Å². The third-order valence-electron chi connectivity index (χ3n) is 3.62. The third kappa shape index (κ3) is 4.77. The fourth-order valence-corrected chi connectivity index (χ4v) is 2.44. The number of hydrogen-bond donors (Lipinski definition) is 1. The highest BCUT2D eigenvalue weighted by atomic mass is 16.5. The summed E-state index contributed by atoms with van der Waals surface area (Å²) in [6, 6.07) is 3.82. The van der Waals surface area contributed by atoms with E-state index in [1.807, 2.05) is 32.9 Å². The molecule has 0 atom stereocenters. The highest BCUT2D eigenvalue weighted by Crippen LogP contribution is 2.26. The molecule has 1 aliphatic heterocycles. The Balaban J connectivity index is 1.99. The summed E-state index contributed by atoms with van der Waals surface area (Å²) >= 11 is 0. The van der Waals surface area contributed by atoms with E-state index in [1.54, 1.807) is 0 Å². The lowest BCUT2D eigenvalue weighted by atomic mass is 10.2. The topological polar surface area (TPSA) is 54.6 Å². The Bertz CT molecular complexity index is 464. The summed E-state index contributed by atoms with van der Waals surface area (Å²) in [5, 5.41) is 0. The van der Waals surface area contributed by atoms with E-state index in [-0.39, 0.29) is 5.60 Å². The molecule has 118 valence electrons. The first kappa shape index (κ1) is 15.9. The lowest BCUT2D eigenvalue weighted by Gasteiger charge is -2.25. The number of aromatic nitrogens is 1. The van der Waals surface area contributed by atoms with Crippen molar-refractivity contribution in [3.05, 3.63) is 12.1 Å². The summed E-state index contributed by atoms with van der Waals surface area (Å²) in [5.74, 6) is 1.43. The van der Waals surface area contributed by atoms with Crippen LogP contribution in [0.1, 0.15) is 33.6 Å². The number of nitrogens with zero attached hydrogens (tertiary/aromatic N) is 3. The van der Waals surface area contributed by atoms with E-state index in [0.29, 0.717) is 11.6 Å². The molecular formula is C16H28N4O. The van der Waals surface area contributed by atoms with Crippen LogP contribution in [0.5, 0.6) is 5.88 Å². The number of likely N-dealkylation sites (tertiary alicyclic amines) is 1. The third-order valence-corrected chi connectivity index (χ3v) is 3.62. The number of hydrogen-bond acceptors (Lipinski definition) is 5. The van der Waals surface area contributed by atoms with Gasteiger partial charge in [-0.3, -0.25) is 0 Å². The zero-order valence-electron chi connectivity index (χ0n) is 13.7. The molecule has 1 fully saturated rings. The molecule has 0 radical (unpaired) electrons. The molecule has 0 bridgehead atoms. The molecular weight excluding hydrogens is 264 g/mol. The van der Waals surface area contributed by atoms with E-state index in [9.17, 15) is 0 Å². The molecule has 5 heteroatoms. The lowest BCUT2D eigenvalue weighted by molar-refractivity contribution is 0.125. The predicted molar refractivity (Wildman–Crippen MR) is 88.0 cm³/mol. The van der Waals surface area contributed by atoms with Crippen molar-refractivity contribution in [3.63, 3.8) is 0 Å². The van der Waals surface area contributed by atoms with E-state index < -0.39 is 0 Å². The maximum Gasteiger partial charge on any atom is 0.239 e. The Kier molecular flexibility index (Phi) is 4.93. The standard InChI is InChI=1S/C16H28N4O/c1-16(2,3)21-15-13(17)7-8-14(18-15)19(4)11-12-20-9-5-6-10-20/h7-8H,5-6,9-12,17H2,1-4H3. The quantitative estimate of drug-likeness (QED) is 0.903. The molecule has 0 amide bonds. The van der Waals surface area contributed by atoms with Gasteiger partial charge in [0.2, 0.25) is 5.88 Å². The zero-order valence-corrected chi connectivity index (χ0v) is 13.7. The average Bonchev–Trinajstić information content (AvgIpc) is 2.90. The fraction of sp³-hybridized carbons (Fsp3) is 0.688. The molecule has 5 nitrogen and oxygen atoms in total. The van der Waals surface area contributed by atoms with Gasteiger partial charge in [-0.2, -0.15) is 4.98 Å². The van der Waals surface area contributed by atoms with Crippen LogP contribution in [-0.4, -0.2) is 48.7 Å². The Morgan fingerprint density at radius 3 is 2.57 bits per heavy atom. The van der Waals surface area contributed by atoms with Gasteiger partial charge in [-0.15, -0.1) is 0 Å². The van der Waals surface area contributed by atoms with Crippen molar-refractivity contribution in [2.45, 2.75) is 39.2 Å². The molecule has 1 aromatic rings. The molecule has 1 aromatic heterocycles. The summed E-state index contributed by atoms with van der Waals surface area (Å²) in [4.78, 5) is 9.22. The van der Waals surface area contributed by atoms with E-state index in [0.717, 1.165) is 18.9 Å². The SMILES string of the molecule is CN(CCN1CCCC1)c1ccc(N)c(OC(C)(C)C)n1. The van der Waals surface area contributed by atoms with Gasteiger partial charge in [-0.05, 0) is 58.8 Å². The van der Waals surface area contributed by atoms with Gasteiger partial charge in [0.25, 0.3) is 0 Å². The number of rotatable bonds is 5. The first-order valence-corrected chi connectivity index (χ1v) is 7.74. The number of ether oxygens (including phenoxy) is 1. The normalized spacial score (nSPS) is 16.2. The van der Waals surface area contributed by atoms with E-state index in [4.69, 9.17) is 10.5 Å². The maximum atomic E-state index is 5.96. The second kappa shape index (κ2) is 6.52. The molecule has 2 N–H and O–H groups in total. The summed E-state index contributed by atoms with van der Waals surface area (Å²) in [6.45, 7) is 10.5. The highest BCUT2D eigenvalue weighted by molar-refractivity contribution is 5.54. The van der Waals surface area contributed by atoms with Crippen LogP contribution in [0.2, 0.25) is 0 Å². The Hall–Kier alpha value is -1.49. The highest BCUT2D eigenvalue weighted by Gasteiger charge is 2.17. The smallest absolute Gasteiger partial charge is 0.239 e. The second-order valence-electron chi connectivity index (χ2n) is 6.75. The fourth-order valence-electron chi connectivity index (χ4n) is 2.44. The summed E-state index contributed by atoms with van der Waals surface area (Å²) in [6.07, 6.45) is 2.65.